The van der Waals surface area contributed by atoms with Crippen LogP contribution in [0.5, 0.6) is 5.75 Å². The molecule has 0 amide bonds. The number of Topliss-reactive ketones (excluding diaryl/α,β-unsaturated/α-hetero) is 1. The number of aromatic hydroxyl groups is 1. The Morgan fingerprint density at radius 1 is 1.11 bits per heavy atom. The number of nitrogens with zero attached hydrogens (tertiary/aromatic N) is 2. The van der Waals surface area contributed by atoms with Crippen LogP contribution in [0.2, 0.25) is 0 Å². The zero-order valence-electron chi connectivity index (χ0n) is 14.6. The first kappa shape index (κ1) is 19.7. The van der Waals surface area contributed by atoms with Crippen molar-refractivity contribution in [3.63, 3.8) is 0 Å². The van der Waals surface area contributed by atoms with Crippen LogP contribution in [0, 0.1) is 16.0 Å². The number of carbonyl (C=O) groups excluding carboxylic acids is 1. The molecule has 1 aliphatic rings. The van der Waals surface area contributed by atoms with Crippen molar-refractivity contribution in [1.82, 2.24) is 0 Å². The first-order chi connectivity index (χ1) is 13.2. The molecule has 148 valence electrons. The van der Waals surface area contributed by atoms with Gasteiger partial charge in [0.2, 0.25) is 0 Å². The molecule has 0 radical (unpaired) electrons. The highest BCUT2D eigenvalue weighted by molar-refractivity contribution is 5.98. The number of nitro benzene ring substituents is 1. The molecule has 0 unspecified atom stereocenters. The summed E-state index contributed by atoms with van der Waals surface area (Å²) in [6, 6.07) is 8.40. The highest BCUT2D eigenvalue weighted by Gasteiger charge is 2.35. The minimum atomic E-state index is -4.66. The van der Waals surface area contributed by atoms with E-state index in [1.807, 2.05) is 0 Å². The fourth-order valence-corrected chi connectivity index (χ4v) is 3.36. The molecular formula is C19H17F3N2O4. The van der Waals surface area contributed by atoms with Crippen LogP contribution in [0.3, 0.4) is 0 Å². The largest absolute Gasteiger partial charge is 0.508 e. The Labute approximate surface area is 158 Å². The molecule has 0 aliphatic carbocycles. The Hall–Kier alpha value is -3.10. The van der Waals surface area contributed by atoms with Gasteiger partial charge in [-0.1, -0.05) is 0 Å². The van der Waals surface area contributed by atoms with E-state index in [1.165, 1.54) is 24.3 Å². The summed E-state index contributed by atoms with van der Waals surface area (Å²) in [6.45, 7) is 0.640. The molecule has 2 aromatic rings. The number of benzene rings is 2. The van der Waals surface area contributed by atoms with E-state index in [0.29, 0.717) is 37.6 Å². The van der Waals surface area contributed by atoms with E-state index in [9.17, 15) is 33.2 Å². The van der Waals surface area contributed by atoms with Crippen LogP contribution < -0.4 is 4.90 Å². The molecule has 0 atom stereocenters. The average molecular weight is 394 g/mol. The van der Waals surface area contributed by atoms with Crippen molar-refractivity contribution in [1.29, 1.82) is 0 Å². The average Bonchev–Trinajstić information content (AvgIpc) is 2.67. The zero-order valence-corrected chi connectivity index (χ0v) is 14.6. The lowest BCUT2D eigenvalue weighted by molar-refractivity contribution is -0.384. The highest BCUT2D eigenvalue weighted by atomic mass is 19.4. The van der Waals surface area contributed by atoms with Crippen molar-refractivity contribution in [2.45, 2.75) is 19.0 Å². The molecule has 3 rings (SSSR count). The third-order valence-electron chi connectivity index (χ3n) is 4.86. The van der Waals surface area contributed by atoms with Gasteiger partial charge in [-0.05, 0) is 49.2 Å². The molecule has 9 heteroatoms. The predicted molar refractivity (Wildman–Crippen MR) is 95.5 cm³/mol. The molecule has 1 N–H and O–H groups in total. The number of ketones is 1. The second kappa shape index (κ2) is 7.49. The van der Waals surface area contributed by atoms with E-state index in [1.54, 1.807) is 4.90 Å². The summed E-state index contributed by atoms with van der Waals surface area (Å²) in [5.74, 6) is -0.308. The topological polar surface area (TPSA) is 83.7 Å². The van der Waals surface area contributed by atoms with E-state index in [4.69, 9.17) is 0 Å². The summed E-state index contributed by atoms with van der Waals surface area (Å²) >= 11 is 0. The van der Waals surface area contributed by atoms with Gasteiger partial charge in [0.25, 0.3) is 5.69 Å². The highest BCUT2D eigenvalue weighted by Crippen LogP contribution is 2.38. The number of halogens is 3. The Morgan fingerprint density at radius 3 is 2.25 bits per heavy atom. The Kier molecular flexibility index (Phi) is 5.26. The van der Waals surface area contributed by atoms with Crippen LogP contribution in [0.15, 0.2) is 42.5 Å². The number of anilines is 1. The summed E-state index contributed by atoms with van der Waals surface area (Å²) in [7, 11) is 0. The summed E-state index contributed by atoms with van der Waals surface area (Å²) in [5, 5.41) is 20.6. The lowest BCUT2D eigenvalue weighted by Gasteiger charge is -2.32. The third kappa shape index (κ3) is 4.08. The first-order valence-electron chi connectivity index (χ1n) is 8.60. The Balaban J connectivity index is 1.75. The van der Waals surface area contributed by atoms with Crippen LogP contribution in [-0.4, -0.2) is 28.9 Å². The molecule has 28 heavy (non-hydrogen) atoms. The molecular weight excluding hydrogens is 377 g/mol. The van der Waals surface area contributed by atoms with Gasteiger partial charge in [-0.3, -0.25) is 14.9 Å². The number of alkyl halides is 3. The molecule has 1 saturated heterocycles. The minimum Gasteiger partial charge on any atom is -0.508 e. The molecule has 0 spiro atoms. The quantitative estimate of drug-likeness (QED) is 0.472. The predicted octanol–water partition coefficient (Wildman–Crippen LogP) is 4.42. The smallest absolute Gasteiger partial charge is 0.416 e. The maximum atomic E-state index is 12.8. The summed E-state index contributed by atoms with van der Waals surface area (Å²) in [6.07, 6.45) is -3.80. The maximum absolute atomic E-state index is 12.8. The third-order valence-corrected chi connectivity index (χ3v) is 4.86. The van der Waals surface area contributed by atoms with Gasteiger partial charge in [0.15, 0.2) is 5.78 Å². The van der Waals surface area contributed by atoms with Gasteiger partial charge in [0.05, 0.1) is 10.5 Å². The van der Waals surface area contributed by atoms with Crippen molar-refractivity contribution >= 4 is 17.2 Å². The number of nitro groups is 1. The zero-order chi connectivity index (χ0) is 20.5. The number of hydrogen-bond donors (Lipinski definition) is 1. The second-order valence-electron chi connectivity index (χ2n) is 6.63. The maximum Gasteiger partial charge on any atom is 0.416 e. The van der Waals surface area contributed by atoms with Crippen molar-refractivity contribution in [2.75, 3.05) is 18.0 Å². The van der Waals surface area contributed by atoms with E-state index in [2.05, 4.69) is 0 Å². The van der Waals surface area contributed by atoms with Crippen molar-refractivity contribution < 1.29 is 28.0 Å². The van der Waals surface area contributed by atoms with Gasteiger partial charge in [0.1, 0.15) is 11.4 Å². The molecule has 1 aliphatic heterocycles. The number of phenolic OH excluding ortho intramolecular Hbond substituents is 1. The van der Waals surface area contributed by atoms with Gasteiger partial charge in [0, 0.05) is 30.6 Å². The number of phenols is 1. The fourth-order valence-electron chi connectivity index (χ4n) is 3.36. The van der Waals surface area contributed by atoms with Gasteiger partial charge in [-0.25, -0.2) is 0 Å². The lowest BCUT2D eigenvalue weighted by atomic mass is 9.88. The van der Waals surface area contributed by atoms with Crippen molar-refractivity contribution in [3.05, 3.63) is 63.7 Å². The van der Waals surface area contributed by atoms with Crippen LogP contribution >= 0.6 is 0 Å². The van der Waals surface area contributed by atoms with Gasteiger partial charge in [-0.2, -0.15) is 13.2 Å². The summed E-state index contributed by atoms with van der Waals surface area (Å²) in [5.41, 5.74) is -1.08. The van der Waals surface area contributed by atoms with E-state index in [-0.39, 0.29) is 23.1 Å². The first-order valence-corrected chi connectivity index (χ1v) is 8.60. The lowest BCUT2D eigenvalue weighted by Crippen LogP contribution is -2.36. The summed E-state index contributed by atoms with van der Waals surface area (Å²) in [4.78, 5) is 24.6. The molecule has 0 aromatic heterocycles. The van der Waals surface area contributed by atoms with Crippen molar-refractivity contribution in [2.24, 2.45) is 5.92 Å². The number of carbonyl (C=O) groups is 1. The van der Waals surface area contributed by atoms with Gasteiger partial charge in [-0.15, -0.1) is 0 Å². The monoisotopic (exact) mass is 394 g/mol. The minimum absolute atomic E-state index is 0.0565. The number of hydrogen-bond acceptors (Lipinski definition) is 5. The normalized spacial score (nSPS) is 15.5. The van der Waals surface area contributed by atoms with Gasteiger partial charge >= 0.3 is 6.18 Å². The van der Waals surface area contributed by atoms with Crippen LogP contribution in [-0.2, 0) is 6.18 Å². The molecule has 1 heterocycles. The van der Waals surface area contributed by atoms with Gasteiger partial charge < -0.3 is 10.0 Å². The standard InChI is InChI=1S/C19H17F3N2O4/c20-19(21,22)14-3-6-16(17(11-14)24(27)28)23-9-7-13(8-10-23)18(26)12-1-4-15(25)5-2-12/h1-6,11,13,25H,7-10H2. The fraction of sp³-hybridized carbons (Fsp3) is 0.316. The molecule has 1 fully saturated rings. The number of rotatable bonds is 4. The van der Waals surface area contributed by atoms with Crippen LogP contribution in [0.4, 0.5) is 24.5 Å². The van der Waals surface area contributed by atoms with E-state index < -0.39 is 22.4 Å². The molecule has 0 bridgehead atoms. The van der Waals surface area contributed by atoms with Crippen LogP contribution in [0.1, 0.15) is 28.8 Å². The molecule has 2 aromatic carbocycles. The SMILES string of the molecule is O=C(c1ccc(O)cc1)C1CCN(c2ccc(C(F)(F)F)cc2[N+](=O)[O-])CC1. The van der Waals surface area contributed by atoms with E-state index >= 15 is 0 Å². The Morgan fingerprint density at radius 2 is 1.71 bits per heavy atom. The molecule has 6 nitrogen and oxygen atoms in total. The Bertz CT molecular complexity index is 889. The van der Waals surface area contributed by atoms with Crippen LogP contribution in [0.25, 0.3) is 0 Å². The molecule has 0 saturated carbocycles. The van der Waals surface area contributed by atoms with E-state index in [0.717, 1.165) is 12.1 Å². The second-order valence-corrected chi connectivity index (χ2v) is 6.63. The summed E-state index contributed by atoms with van der Waals surface area (Å²) < 4.78 is 38.5. The van der Waals surface area contributed by atoms with Crippen molar-refractivity contribution in [3.8, 4) is 5.75 Å². The number of piperidine rings is 1.